The van der Waals surface area contributed by atoms with Gasteiger partial charge >= 0.3 is 0 Å². The van der Waals surface area contributed by atoms with Crippen LogP contribution in [0, 0.1) is 11.8 Å². The minimum Gasteiger partial charge on any atom is -0.342 e. The van der Waals surface area contributed by atoms with Crippen molar-refractivity contribution in [2.75, 3.05) is 6.54 Å². The van der Waals surface area contributed by atoms with Crippen molar-refractivity contribution in [3.63, 3.8) is 0 Å². The molecule has 2 bridgehead atoms. The van der Waals surface area contributed by atoms with E-state index in [-0.39, 0.29) is 11.8 Å². The molecule has 4 nitrogen and oxygen atoms in total. The van der Waals surface area contributed by atoms with Crippen LogP contribution in [0.15, 0.2) is 0 Å². The van der Waals surface area contributed by atoms with Gasteiger partial charge in [0.05, 0.1) is 0 Å². The van der Waals surface area contributed by atoms with E-state index in [4.69, 9.17) is 0 Å². The predicted molar refractivity (Wildman–Crippen MR) is 74.9 cm³/mol. The summed E-state index contributed by atoms with van der Waals surface area (Å²) in [4.78, 5) is 27.2. The van der Waals surface area contributed by atoms with Crippen molar-refractivity contribution in [2.24, 2.45) is 11.8 Å². The summed E-state index contributed by atoms with van der Waals surface area (Å²) >= 11 is 0. The van der Waals surface area contributed by atoms with E-state index >= 15 is 0 Å². The lowest BCUT2D eigenvalue weighted by Crippen LogP contribution is -2.57. The molecule has 1 N–H and O–H groups in total. The van der Waals surface area contributed by atoms with E-state index in [1.165, 1.54) is 25.7 Å². The summed E-state index contributed by atoms with van der Waals surface area (Å²) in [6, 6.07) is 0.423. The van der Waals surface area contributed by atoms with Crippen LogP contribution in [-0.2, 0) is 9.59 Å². The van der Waals surface area contributed by atoms with Crippen LogP contribution in [-0.4, -0.2) is 34.8 Å². The molecule has 0 radical (unpaired) electrons. The number of carbonyl (C=O) groups excluding carboxylic acids is 2. The van der Waals surface area contributed by atoms with Gasteiger partial charge < -0.3 is 10.2 Å². The van der Waals surface area contributed by atoms with E-state index in [9.17, 15) is 9.59 Å². The molecule has 3 aliphatic carbocycles. The van der Waals surface area contributed by atoms with Gasteiger partial charge in [-0.05, 0) is 43.9 Å². The number of nitrogens with zero attached hydrogens (tertiary/aromatic N) is 1. The number of hydrogen-bond acceptors (Lipinski definition) is 2. The highest BCUT2D eigenvalue weighted by Crippen LogP contribution is 2.47. The predicted octanol–water partition coefficient (Wildman–Crippen LogP) is 1.84. The van der Waals surface area contributed by atoms with Gasteiger partial charge in [-0.3, -0.25) is 9.59 Å². The molecule has 1 aliphatic heterocycles. The SMILES string of the molecule is O=C1CCN(C2CC3CCC2C3)C(=O)C2(CCCC2)N1. The molecule has 0 aromatic heterocycles. The summed E-state index contributed by atoms with van der Waals surface area (Å²) in [6.45, 7) is 0.639. The van der Waals surface area contributed by atoms with Gasteiger partial charge in [-0.15, -0.1) is 0 Å². The topological polar surface area (TPSA) is 49.4 Å². The zero-order valence-electron chi connectivity index (χ0n) is 12.1. The Kier molecular flexibility index (Phi) is 2.83. The summed E-state index contributed by atoms with van der Waals surface area (Å²) < 4.78 is 0. The molecule has 1 heterocycles. The Morgan fingerprint density at radius 2 is 1.90 bits per heavy atom. The monoisotopic (exact) mass is 276 g/mol. The van der Waals surface area contributed by atoms with Crippen LogP contribution in [0.3, 0.4) is 0 Å². The summed E-state index contributed by atoms with van der Waals surface area (Å²) in [5.74, 6) is 1.85. The van der Waals surface area contributed by atoms with E-state index in [1.54, 1.807) is 0 Å². The van der Waals surface area contributed by atoms with Crippen molar-refractivity contribution < 1.29 is 9.59 Å². The van der Waals surface area contributed by atoms with Gasteiger partial charge in [0.25, 0.3) is 0 Å². The first kappa shape index (κ1) is 12.7. The first-order valence-corrected chi connectivity index (χ1v) is 8.30. The third-order valence-electron chi connectivity index (χ3n) is 6.19. The number of fused-ring (bicyclic) bond motifs is 2. The summed E-state index contributed by atoms with van der Waals surface area (Å²) in [5.41, 5.74) is -0.546. The minimum absolute atomic E-state index is 0.0749. The minimum atomic E-state index is -0.546. The molecule has 4 heteroatoms. The third-order valence-corrected chi connectivity index (χ3v) is 6.19. The lowest BCUT2D eigenvalue weighted by Gasteiger charge is -2.38. The molecule has 4 aliphatic rings. The van der Waals surface area contributed by atoms with Crippen molar-refractivity contribution in [1.82, 2.24) is 10.2 Å². The number of nitrogens with one attached hydrogen (secondary N) is 1. The fourth-order valence-electron chi connectivity index (χ4n) is 5.21. The van der Waals surface area contributed by atoms with Crippen LogP contribution in [0.4, 0.5) is 0 Å². The fourth-order valence-corrected chi connectivity index (χ4v) is 5.21. The normalized spacial score (nSPS) is 39.4. The Balaban J connectivity index is 1.62. The van der Waals surface area contributed by atoms with Crippen molar-refractivity contribution in [3.05, 3.63) is 0 Å². The zero-order valence-corrected chi connectivity index (χ0v) is 12.1. The quantitative estimate of drug-likeness (QED) is 0.794. The second kappa shape index (κ2) is 4.47. The average Bonchev–Trinajstić information content (AvgIpc) is 3.13. The third kappa shape index (κ3) is 1.80. The van der Waals surface area contributed by atoms with E-state index in [0.29, 0.717) is 24.9 Å². The zero-order chi connectivity index (χ0) is 13.7. The van der Waals surface area contributed by atoms with Crippen LogP contribution >= 0.6 is 0 Å². The average molecular weight is 276 g/mol. The molecule has 4 rings (SSSR count). The smallest absolute Gasteiger partial charge is 0.248 e. The summed E-state index contributed by atoms with van der Waals surface area (Å²) in [6.07, 6.45) is 9.43. The van der Waals surface area contributed by atoms with E-state index in [2.05, 4.69) is 10.2 Å². The Morgan fingerprint density at radius 3 is 2.55 bits per heavy atom. The molecule has 0 aromatic carbocycles. The molecule has 1 spiro atoms. The summed E-state index contributed by atoms with van der Waals surface area (Å²) in [7, 11) is 0. The first-order valence-electron chi connectivity index (χ1n) is 8.30. The highest BCUT2D eigenvalue weighted by Gasteiger charge is 2.51. The van der Waals surface area contributed by atoms with Gasteiger partial charge in [0.1, 0.15) is 5.54 Å². The molecular formula is C16H24N2O2. The Labute approximate surface area is 120 Å². The molecule has 3 atom stereocenters. The van der Waals surface area contributed by atoms with Gasteiger partial charge in [-0.1, -0.05) is 19.3 Å². The molecule has 20 heavy (non-hydrogen) atoms. The molecule has 0 aromatic rings. The largest absolute Gasteiger partial charge is 0.342 e. The lowest BCUT2D eigenvalue weighted by atomic mass is 9.90. The Morgan fingerprint density at radius 1 is 1.10 bits per heavy atom. The maximum atomic E-state index is 13.1. The second-order valence-electron chi connectivity index (χ2n) is 7.33. The van der Waals surface area contributed by atoms with Gasteiger partial charge in [0.15, 0.2) is 0 Å². The van der Waals surface area contributed by atoms with Crippen molar-refractivity contribution in [2.45, 2.75) is 69.4 Å². The van der Waals surface area contributed by atoms with Crippen molar-refractivity contribution >= 4 is 11.8 Å². The standard InChI is InChI=1S/C16H24N2O2/c19-14-5-8-18(13-10-11-3-4-12(13)9-11)15(20)16(17-14)6-1-2-7-16/h11-13H,1-10H2,(H,17,19). The number of hydrogen-bond donors (Lipinski definition) is 1. The summed E-state index contributed by atoms with van der Waals surface area (Å²) in [5, 5.41) is 3.07. The van der Waals surface area contributed by atoms with E-state index < -0.39 is 5.54 Å². The molecule has 3 saturated carbocycles. The number of amides is 2. The highest BCUT2D eigenvalue weighted by atomic mass is 16.2. The Hall–Kier alpha value is -1.06. The van der Waals surface area contributed by atoms with Crippen molar-refractivity contribution in [1.29, 1.82) is 0 Å². The first-order chi connectivity index (χ1) is 9.68. The van der Waals surface area contributed by atoms with Gasteiger partial charge in [-0.25, -0.2) is 0 Å². The van der Waals surface area contributed by atoms with Gasteiger partial charge in [0, 0.05) is 19.0 Å². The molecular weight excluding hydrogens is 252 g/mol. The van der Waals surface area contributed by atoms with Crippen LogP contribution in [0.5, 0.6) is 0 Å². The van der Waals surface area contributed by atoms with Gasteiger partial charge in [0.2, 0.25) is 11.8 Å². The molecule has 1 saturated heterocycles. The van der Waals surface area contributed by atoms with Crippen LogP contribution in [0.25, 0.3) is 0 Å². The van der Waals surface area contributed by atoms with Crippen molar-refractivity contribution in [3.8, 4) is 0 Å². The second-order valence-corrected chi connectivity index (χ2v) is 7.33. The van der Waals surface area contributed by atoms with E-state index in [0.717, 1.165) is 31.6 Å². The van der Waals surface area contributed by atoms with E-state index in [1.807, 2.05) is 0 Å². The van der Waals surface area contributed by atoms with Crippen LogP contribution in [0.1, 0.15) is 57.8 Å². The maximum absolute atomic E-state index is 13.1. The molecule has 4 fully saturated rings. The molecule has 3 unspecified atom stereocenters. The van der Waals surface area contributed by atoms with Gasteiger partial charge in [-0.2, -0.15) is 0 Å². The van der Waals surface area contributed by atoms with Crippen LogP contribution in [0.2, 0.25) is 0 Å². The van der Waals surface area contributed by atoms with Crippen LogP contribution < -0.4 is 5.32 Å². The maximum Gasteiger partial charge on any atom is 0.248 e. The highest BCUT2D eigenvalue weighted by molar-refractivity contribution is 5.94. The lowest BCUT2D eigenvalue weighted by molar-refractivity contribution is -0.141. The molecule has 2 amide bonds. The number of rotatable bonds is 1. The number of carbonyl (C=O) groups is 2. The Bertz CT molecular complexity index is 442. The molecule has 110 valence electrons. The fraction of sp³-hybridized carbons (Fsp3) is 0.875.